The first-order valence-electron chi connectivity index (χ1n) is 6.10. The molecule has 19 heavy (non-hydrogen) atoms. The number of halogens is 3. The highest BCUT2D eigenvalue weighted by Crippen LogP contribution is 2.33. The lowest BCUT2D eigenvalue weighted by atomic mass is 10.0. The number of primary amides is 1. The number of hydrogen-bond donors (Lipinski definition) is 1. The molecule has 1 aliphatic rings. The van der Waals surface area contributed by atoms with Gasteiger partial charge in [0.25, 0.3) is 0 Å². The zero-order chi connectivity index (χ0) is 14.0. The third-order valence-corrected chi connectivity index (χ3v) is 3.29. The summed E-state index contributed by atoms with van der Waals surface area (Å²) in [6.45, 7) is 1.89. The normalized spacial score (nSPS) is 16.8. The molecule has 1 saturated heterocycles. The molecule has 0 aromatic heterocycles. The van der Waals surface area contributed by atoms with Gasteiger partial charge in [0.05, 0.1) is 5.56 Å². The van der Waals surface area contributed by atoms with Crippen molar-refractivity contribution in [3.05, 3.63) is 34.9 Å². The number of carbonyl (C=O) groups excluding carboxylic acids is 1. The fourth-order valence-corrected chi connectivity index (χ4v) is 2.31. The third-order valence-electron chi connectivity index (χ3n) is 3.29. The van der Waals surface area contributed by atoms with Gasteiger partial charge >= 0.3 is 6.18 Å². The van der Waals surface area contributed by atoms with Gasteiger partial charge in [-0.15, -0.1) is 0 Å². The highest BCUT2D eigenvalue weighted by Gasteiger charge is 2.34. The molecule has 104 valence electrons. The largest absolute Gasteiger partial charge is 0.416 e. The summed E-state index contributed by atoms with van der Waals surface area (Å²) in [6.07, 6.45) is -2.44. The lowest BCUT2D eigenvalue weighted by Crippen LogP contribution is -2.22. The number of amides is 1. The van der Waals surface area contributed by atoms with E-state index in [9.17, 15) is 18.0 Å². The molecule has 6 heteroatoms. The van der Waals surface area contributed by atoms with Gasteiger partial charge in [0, 0.05) is 12.1 Å². The van der Waals surface area contributed by atoms with Crippen molar-refractivity contribution in [1.29, 1.82) is 0 Å². The molecule has 0 radical (unpaired) electrons. The molecule has 1 heterocycles. The van der Waals surface area contributed by atoms with Crippen LogP contribution >= 0.6 is 0 Å². The molecule has 3 nitrogen and oxygen atoms in total. The molecule has 0 saturated carbocycles. The Hall–Kier alpha value is -1.56. The van der Waals surface area contributed by atoms with Crippen LogP contribution in [0.15, 0.2) is 18.2 Å². The molecule has 2 rings (SSSR count). The quantitative estimate of drug-likeness (QED) is 0.918. The Morgan fingerprint density at radius 3 is 2.42 bits per heavy atom. The first kappa shape index (κ1) is 13.9. The van der Waals surface area contributed by atoms with E-state index < -0.39 is 17.6 Å². The van der Waals surface area contributed by atoms with E-state index in [1.54, 1.807) is 0 Å². The van der Waals surface area contributed by atoms with Crippen LogP contribution in [0.4, 0.5) is 13.2 Å². The number of alkyl halides is 3. The van der Waals surface area contributed by atoms with Gasteiger partial charge in [-0.2, -0.15) is 13.2 Å². The first-order chi connectivity index (χ1) is 8.88. The zero-order valence-corrected chi connectivity index (χ0v) is 10.3. The number of nitrogens with two attached hydrogens (primary N) is 1. The van der Waals surface area contributed by atoms with Gasteiger partial charge in [-0.3, -0.25) is 9.69 Å². The van der Waals surface area contributed by atoms with Gasteiger partial charge in [-0.1, -0.05) is 6.07 Å². The van der Waals surface area contributed by atoms with Crippen molar-refractivity contribution in [1.82, 2.24) is 4.90 Å². The second-order valence-electron chi connectivity index (χ2n) is 4.72. The maximum atomic E-state index is 13.0. The summed E-state index contributed by atoms with van der Waals surface area (Å²) in [5.41, 5.74) is 4.34. The molecule has 1 fully saturated rings. The van der Waals surface area contributed by atoms with Crippen molar-refractivity contribution >= 4 is 5.91 Å². The summed E-state index contributed by atoms with van der Waals surface area (Å²) < 4.78 is 39.0. The minimum absolute atomic E-state index is 0.113. The lowest BCUT2D eigenvalue weighted by Gasteiger charge is -2.19. The number of rotatable bonds is 3. The van der Waals surface area contributed by atoms with Crippen molar-refractivity contribution in [2.75, 3.05) is 13.1 Å². The van der Waals surface area contributed by atoms with Crippen molar-refractivity contribution < 1.29 is 18.0 Å². The average Bonchev–Trinajstić information content (AvgIpc) is 2.80. The molecule has 0 unspecified atom stereocenters. The van der Waals surface area contributed by atoms with E-state index in [1.807, 2.05) is 4.90 Å². The minimum atomic E-state index is -4.47. The van der Waals surface area contributed by atoms with Crippen molar-refractivity contribution in [3.8, 4) is 0 Å². The van der Waals surface area contributed by atoms with Crippen LogP contribution in [0.3, 0.4) is 0 Å². The van der Waals surface area contributed by atoms with Crippen LogP contribution in [-0.2, 0) is 12.7 Å². The molecule has 1 aromatic rings. The van der Waals surface area contributed by atoms with E-state index in [0.29, 0.717) is 0 Å². The van der Waals surface area contributed by atoms with E-state index in [4.69, 9.17) is 5.73 Å². The Labute approximate surface area is 109 Å². The third kappa shape index (κ3) is 3.26. The van der Waals surface area contributed by atoms with Crippen LogP contribution in [0, 0.1) is 0 Å². The topological polar surface area (TPSA) is 46.3 Å². The van der Waals surface area contributed by atoms with Crippen LogP contribution in [0.25, 0.3) is 0 Å². The summed E-state index contributed by atoms with van der Waals surface area (Å²) in [7, 11) is 0. The van der Waals surface area contributed by atoms with Crippen molar-refractivity contribution in [2.24, 2.45) is 5.73 Å². The van der Waals surface area contributed by atoms with Crippen LogP contribution < -0.4 is 5.73 Å². The number of hydrogen-bond acceptors (Lipinski definition) is 2. The van der Waals surface area contributed by atoms with E-state index in [2.05, 4.69) is 0 Å². The first-order valence-corrected chi connectivity index (χ1v) is 6.10. The van der Waals surface area contributed by atoms with Crippen molar-refractivity contribution in [3.63, 3.8) is 0 Å². The van der Waals surface area contributed by atoms with Gasteiger partial charge in [0.2, 0.25) is 5.91 Å². The second-order valence-corrected chi connectivity index (χ2v) is 4.72. The number of likely N-dealkylation sites (tertiary alicyclic amines) is 1. The van der Waals surface area contributed by atoms with E-state index in [0.717, 1.165) is 32.0 Å². The average molecular weight is 272 g/mol. The Kier molecular flexibility index (Phi) is 3.80. The molecule has 0 bridgehead atoms. The van der Waals surface area contributed by atoms with Gasteiger partial charge in [0.1, 0.15) is 0 Å². The van der Waals surface area contributed by atoms with E-state index in [1.165, 1.54) is 12.1 Å². The molecular formula is C13H15F3N2O. The summed E-state index contributed by atoms with van der Waals surface area (Å²) in [4.78, 5) is 13.0. The number of benzene rings is 1. The molecule has 1 aliphatic heterocycles. The number of carbonyl (C=O) groups is 1. The molecule has 0 atom stereocenters. The minimum Gasteiger partial charge on any atom is -0.366 e. The fraction of sp³-hybridized carbons (Fsp3) is 0.462. The van der Waals surface area contributed by atoms with E-state index >= 15 is 0 Å². The van der Waals surface area contributed by atoms with Gasteiger partial charge in [0.15, 0.2) is 0 Å². The predicted molar refractivity (Wildman–Crippen MR) is 64.5 cm³/mol. The smallest absolute Gasteiger partial charge is 0.366 e. The maximum Gasteiger partial charge on any atom is 0.416 e. The Balaban J connectivity index is 2.33. The second kappa shape index (κ2) is 5.21. The highest BCUT2D eigenvalue weighted by molar-refractivity contribution is 5.93. The molecule has 1 amide bonds. The summed E-state index contributed by atoms with van der Waals surface area (Å²) >= 11 is 0. The molecule has 0 aliphatic carbocycles. The standard InChI is InChI=1S/C13H15F3N2O/c14-13(15,16)11-7-9(12(17)19)3-4-10(11)8-18-5-1-2-6-18/h3-4,7H,1-2,5-6,8H2,(H2,17,19). The lowest BCUT2D eigenvalue weighted by molar-refractivity contribution is -0.138. The van der Waals surface area contributed by atoms with E-state index in [-0.39, 0.29) is 17.7 Å². The molecule has 0 spiro atoms. The molecule has 2 N–H and O–H groups in total. The Morgan fingerprint density at radius 2 is 1.89 bits per heavy atom. The van der Waals surface area contributed by atoms with Crippen LogP contribution in [0.2, 0.25) is 0 Å². The maximum absolute atomic E-state index is 13.0. The summed E-state index contributed by atoms with van der Waals surface area (Å²) in [5.74, 6) is -0.849. The van der Waals surface area contributed by atoms with Gasteiger partial charge in [-0.05, 0) is 43.6 Å². The monoisotopic (exact) mass is 272 g/mol. The Bertz CT molecular complexity index is 479. The number of nitrogens with zero attached hydrogens (tertiary/aromatic N) is 1. The highest BCUT2D eigenvalue weighted by atomic mass is 19.4. The zero-order valence-electron chi connectivity index (χ0n) is 10.3. The van der Waals surface area contributed by atoms with Crippen LogP contribution in [0.5, 0.6) is 0 Å². The van der Waals surface area contributed by atoms with Gasteiger partial charge < -0.3 is 5.73 Å². The summed E-state index contributed by atoms with van der Waals surface area (Å²) in [5, 5.41) is 0. The van der Waals surface area contributed by atoms with Crippen LogP contribution in [0.1, 0.15) is 34.3 Å². The molecule has 1 aromatic carbocycles. The summed E-state index contributed by atoms with van der Waals surface area (Å²) in [6, 6.07) is 3.54. The van der Waals surface area contributed by atoms with Crippen LogP contribution in [-0.4, -0.2) is 23.9 Å². The van der Waals surface area contributed by atoms with Gasteiger partial charge in [-0.25, -0.2) is 0 Å². The molecular weight excluding hydrogens is 257 g/mol. The van der Waals surface area contributed by atoms with Crippen molar-refractivity contribution in [2.45, 2.75) is 25.6 Å². The SMILES string of the molecule is NC(=O)c1ccc(CN2CCCC2)c(C(F)(F)F)c1. The Morgan fingerprint density at radius 1 is 1.26 bits per heavy atom. The predicted octanol–water partition coefficient (Wildman–Crippen LogP) is 2.40. The fourth-order valence-electron chi connectivity index (χ4n) is 2.31.